The third kappa shape index (κ3) is 4.81. The molecule has 0 amide bonds. The van der Waals surface area contributed by atoms with E-state index in [2.05, 4.69) is 107 Å². The molecule has 8 rings (SSSR count). The number of nitrogens with zero attached hydrogens (tertiary/aromatic N) is 6. The van der Waals surface area contributed by atoms with Crippen LogP contribution in [0.1, 0.15) is 35.3 Å². The van der Waals surface area contributed by atoms with Gasteiger partial charge in [-0.25, -0.2) is 4.98 Å². The molecule has 0 radical (unpaired) electrons. The number of aromatic nitrogens is 6. The van der Waals surface area contributed by atoms with Crippen LogP contribution in [0.3, 0.4) is 0 Å². The van der Waals surface area contributed by atoms with E-state index in [0.29, 0.717) is 0 Å². The Balaban J connectivity index is 0.00000325. The third-order valence-corrected chi connectivity index (χ3v) is 8.39. The maximum absolute atomic E-state index is 5.29. The van der Waals surface area contributed by atoms with Gasteiger partial charge in [-0.05, 0) is 42.6 Å². The molecule has 218 valence electrons. The van der Waals surface area contributed by atoms with Crippen LogP contribution in [0, 0.1) is 18.2 Å². The van der Waals surface area contributed by atoms with Gasteiger partial charge in [0.25, 0.3) is 0 Å². The third-order valence-electron chi connectivity index (χ3n) is 8.39. The van der Waals surface area contributed by atoms with Gasteiger partial charge in [0.2, 0.25) is 0 Å². The molecule has 0 aliphatic carbocycles. The van der Waals surface area contributed by atoms with Crippen LogP contribution in [0.25, 0.3) is 27.6 Å². The molecule has 4 aromatic heterocycles. The normalized spacial score (nSPS) is 13.4. The Morgan fingerprint density at radius 3 is 2.24 bits per heavy atom. The summed E-state index contributed by atoms with van der Waals surface area (Å²) in [4.78, 5) is 5.29. The van der Waals surface area contributed by atoms with Crippen molar-refractivity contribution in [3.63, 3.8) is 0 Å². The zero-order valence-electron chi connectivity index (χ0n) is 24.4. The zero-order valence-corrected chi connectivity index (χ0v) is 26.8. The molecule has 6 nitrogen and oxygen atoms in total. The summed E-state index contributed by atoms with van der Waals surface area (Å²) in [6.07, 6.45) is 7.57. The molecule has 4 heterocycles. The van der Waals surface area contributed by atoms with Crippen molar-refractivity contribution < 1.29 is 20.1 Å². The molecule has 8 aromatic rings. The van der Waals surface area contributed by atoms with Gasteiger partial charge in [0.05, 0.1) is 17.3 Å². The average Bonchev–Trinajstić information content (AvgIpc) is 3.87. The SMILES string of the molecule is CC(c1[c-]cccc1)(c1[c-]c2c(cc1)c1ccccc1n2-c1cccc([C@@H](c2[c-]cccc2)n2cccn2)n1)n1cccn1.[Ir+3]. The Morgan fingerprint density at radius 1 is 0.689 bits per heavy atom. The van der Waals surface area contributed by atoms with Crippen LogP contribution in [0.2, 0.25) is 0 Å². The van der Waals surface area contributed by atoms with Crippen molar-refractivity contribution in [3.8, 4) is 5.82 Å². The van der Waals surface area contributed by atoms with E-state index < -0.39 is 5.54 Å². The Bertz CT molecular complexity index is 2190. The topological polar surface area (TPSA) is 53.5 Å². The molecule has 0 fully saturated rings. The largest absolute Gasteiger partial charge is 3.00 e. The molecule has 45 heavy (non-hydrogen) atoms. The molecular formula is C38H27IrN6. The van der Waals surface area contributed by atoms with E-state index in [4.69, 9.17) is 4.98 Å². The van der Waals surface area contributed by atoms with Gasteiger partial charge in [0.15, 0.2) is 0 Å². The zero-order chi connectivity index (χ0) is 29.5. The van der Waals surface area contributed by atoms with Crippen molar-refractivity contribution in [3.05, 3.63) is 181 Å². The number of hydrogen-bond acceptors (Lipinski definition) is 3. The van der Waals surface area contributed by atoms with Crippen molar-refractivity contribution in [1.29, 1.82) is 0 Å². The minimum Gasteiger partial charge on any atom is -0.319 e. The number of fused-ring (bicyclic) bond motifs is 3. The van der Waals surface area contributed by atoms with Crippen molar-refractivity contribution >= 4 is 21.8 Å². The van der Waals surface area contributed by atoms with E-state index >= 15 is 0 Å². The van der Waals surface area contributed by atoms with Crippen LogP contribution in [0.4, 0.5) is 0 Å². The van der Waals surface area contributed by atoms with Gasteiger partial charge in [-0.3, -0.25) is 9.36 Å². The number of para-hydroxylation sites is 1. The number of rotatable bonds is 7. The molecule has 0 spiro atoms. The van der Waals surface area contributed by atoms with E-state index in [9.17, 15) is 0 Å². The fourth-order valence-electron chi connectivity index (χ4n) is 6.20. The minimum atomic E-state index is -0.635. The van der Waals surface area contributed by atoms with Gasteiger partial charge in [-0.1, -0.05) is 29.8 Å². The summed E-state index contributed by atoms with van der Waals surface area (Å²) in [7, 11) is 0. The van der Waals surface area contributed by atoms with Gasteiger partial charge < -0.3 is 4.57 Å². The first kappa shape index (κ1) is 28.7. The van der Waals surface area contributed by atoms with Crippen molar-refractivity contribution in [2.24, 2.45) is 0 Å². The molecule has 4 aromatic carbocycles. The maximum Gasteiger partial charge on any atom is 3.00 e. The summed E-state index contributed by atoms with van der Waals surface area (Å²) in [5.74, 6) is 0.808. The second-order valence-corrected chi connectivity index (χ2v) is 10.9. The smallest absolute Gasteiger partial charge is 0.319 e. The Kier molecular flexibility index (Phi) is 7.50. The maximum atomic E-state index is 5.29. The number of hydrogen-bond donors (Lipinski definition) is 0. The Hall–Kier alpha value is -5.10. The van der Waals surface area contributed by atoms with Crippen molar-refractivity contribution in [1.82, 2.24) is 29.1 Å². The van der Waals surface area contributed by atoms with Crippen molar-refractivity contribution in [2.75, 3.05) is 0 Å². The van der Waals surface area contributed by atoms with E-state index in [-0.39, 0.29) is 26.1 Å². The molecular weight excluding hydrogens is 733 g/mol. The molecule has 7 heteroatoms. The summed E-state index contributed by atoms with van der Waals surface area (Å²) in [5.41, 5.74) is 5.22. The van der Waals surface area contributed by atoms with Gasteiger partial charge in [-0.2, -0.15) is 89.1 Å². The average molecular weight is 760 g/mol. The monoisotopic (exact) mass is 760 g/mol. The summed E-state index contributed by atoms with van der Waals surface area (Å²) in [6, 6.07) is 49.4. The predicted molar refractivity (Wildman–Crippen MR) is 172 cm³/mol. The summed E-state index contributed by atoms with van der Waals surface area (Å²) < 4.78 is 6.12. The van der Waals surface area contributed by atoms with Crippen molar-refractivity contribution in [2.45, 2.75) is 18.5 Å². The minimum absolute atomic E-state index is 0. The van der Waals surface area contributed by atoms with E-state index in [0.717, 1.165) is 50.0 Å². The molecule has 0 bridgehead atoms. The molecule has 0 saturated carbocycles. The van der Waals surface area contributed by atoms with Gasteiger partial charge >= 0.3 is 20.1 Å². The molecule has 0 aliphatic heterocycles. The predicted octanol–water partition coefficient (Wildman–Crippen LogP) is 7.42. The van der Waals surface area contributed by atoms with Gasteiger partial charge in [-0.15, -0.1) is 22.1 Å². The first-order chi connectivity index (χ1) is 21.7. The fourth-order valence-corrected chi connectivity index (χ4v) is 6.20. The molecule has 0 aliphatic rings. The first-order valence-electron chi connectivity index (χ1n) is 14.6. The van der Waals surface area contributed by atoms with E-state index in [1.807, 2.05) is 76.5 Å². The number of pyridine rings is 1. The van der Waals surface area contributed by atoms with Gasteiger partial charge in [0, 0.05) is 30.3 Å². The van der Waals surface area contributed by atoms with Crippen LogP contribution in [-0.4, -0.2) is 29.1 Å². The van der Waals surface area contributed by atoms with Crippen LogP contribution in [-0.2, 0) is 25.6 Å². The van der Waals surface area contributed by atoms with E-state index in [1.54, 1.807) is 6.20 Å². The van der Waals surface area contributed by atoms with Crippen LogP contribution >= 0.6 is 0 Å². The molecule has 0 N–H and O–H groups in total. The van der Waals surface area contributed by atoms with Crippen LogP contribution in [0.5, 0.6) is 0 Å². The molecule has 2 atom stereocenters. The molecule has 0 saturated heterocycles. The quantitative estimate of drug-likeness (QED) is 0.159. The summed E-state index contributed by atoms with van der Waals surface area (Å²) in [5, 5.41) is 11.5. The standard InChI is InChI=1S/C38H27N6.Ir/c1-38(43-26-12-24-40-43,29-15-6-3-7-16-29)30-21-22-32-31-17-8-9-19-34(31)44(35(32)27-30)36-20-10-18-33(41-36)37(42-25-11-23-39-42)28-13-4-2-5-14-28;/h2-13,15,17-26,37H,1H3;/q-3;+3/t37-,38?;/m1./s1. The summed E-state index contributed by atoms with van der Waals surface area (Å²) >= 11 is 0. The second kappa shape index (κ2) is 11.8. The van der Waals surface area contributed by atoms with Gasteiger partial charge in [0.1, 0.15) is 5.82 Å². The second-order valence-electron chi connectivity index (χ2n) is 10.9. The van der Waals surface area contributed by atoms with Crippen LogP contribution < -0.4 is 0 Å². The van der Waals surface area contributed by atoms with Crippen LogP contribution in [0.15, 0.2) is 140 Å². The number of benzene rings is 4. The summed E-state index contributed by atoms with van der Waals surface area (Å²) in [6.45, 7) is 2.17. The van der Waals surface area contributed by atoms with E-state index in [1.165, 1.54) is 0 Å². The first-order valence-corrected chi connectivity index (χ1v) is 14.6. The molecule has 1 unspecified atom stereocenters. The Labute approximate surface area is 275 Å². The fraction of sp³-hybridized carbons (Fsp3) is 0.0789. The Morgan fingerprint density at radius 2 is 1.49 bits per heavy atom.